The monoisotopic (exact) mass is 366 g/mol. The van der Waals surface area contributed by atoms with Gasteiger partial charge in [-0.15, -0.1) is 0 Å². The van der Waals surface area contributed by atoms with Gasteiger partial charge in [0.2, 0.25) is 0 Å². The van der Waals surface area contributed by atoms with Crippen LogP contribution in [0, 0.1) is 11.3 Å². The molecule has 1 N–H and O–H groups in total. The largest absolute Gasteiger partial charge is 0.482 e. The summed E-state index contributed by atoms with van der Waals surface area (Å²) >= 11 is 0. The summed E-state index contributed by atoms with van der Waals surface area (Å²) in [4.78, 5) is 35.1. The predicted molar refractivity (Wildman–Crippen MR) is 97.3 cm³/mol. The molecule has 7 heteroatoms. The molecule has 0 aliphatic rings. The van der Waals surface area contributed by atoms with E-state index in [2.05, 4.69) is 5.32 Å². The van der Waals surface area contributed by atoms with Crippen LogP contribution in [0.5, 0.6) is 5.75 Å². The lowest BCUT2D eigenvalue weighted by Gasteiger charge is -2.14. The van der Waals surface area contributed by atoms with Gasteiger partial charge in [-0.05, 0) is 62.4 Å². The molecule has 27 heavy (non-hydrogen) atoms. The first-order chi connectivity index (χ1) is 12.9. The van der Waals surface area contributed by atoms with Crippen LogP contribution in [-0.2, 0) is 14.3 Å². The van der Waals surface area contributed by atoms with Gasteiger partial charge in [-0.25, -0.2) is 4.79 Å². The van der Waals surface area contributed by atoms with Crippen molar-refractivity contribution in [3.8, 4) is 11.8 Å². The van der Waals surface area contributed by atoms with Crippen LogP contribution in [-0.4, -0.2) is 30.4 Å². The van der Waals surface area contributed by atoms with E-state index in [1.54, 1.807) is 48.5 Å². The first-order valence-corrected chi connectivity index (χ1v) is 8.13. The van der Waals surface area contributed by atoms with Crippen LogP contribution in [0.3, 0.4) is 0 Å². The van der Waals surface area contributed by atoms with Crippen molar-refractivity contribution in [1.82, 2.24) is 0 Å². The summed E-state index contributed by atoms with van der Waals surface area (Å²) < 4.78 is 10.3. The molecule has 0 aliphatic heterocycles. The highest BCUT2D eigenvalue weighted by atomic mass is 16.6. The van der Waals surface area contributed by atoms with Crippen LogP contribution in [0.1, 0.15) is 29.8 Å². The van der Waals surface area contributed by atoms with Gasteiger partial charge in [0.1, 0.15) is 5.75 Å². The quantitative estimate of drug-likeness (QED) is 0.597. The molecule has 0 spiro atoms. The number of ketones is 1. The Morgan fingerprint density at radius 2 is 1.70 bits per heavy atom. The Hall–Kier alpha value is -3.66. The Morgan fingerprint density at radius 3 is 2.26 bits per heavy atom. The van der Waals surface area contributed by atoms with Crippen molar-refractivity contribution >= 4 is 23.3 Å². The standard InChI is InChI=1S/C20H18N2O5/c1-13(23)16-5-7-17(8-6-16)22-20(25)14(2)27-19(24)12-26-18-9-3-15(11-21)4-10-18/h3-10,14H,12H2,1-2H3,(H,22,25)/t14-/m1/s1. The van der Waals surface area contributed by atoms with E-state index < -0.39 is 18.0 Å². The maximum absolute atomic E-state index is 12.1. The fourth-order valence-corrected chi connectivity index (χ4v) is 2.08. The third kappa shape index (κ3) is 5.97. The van der Waals surface area contributed by atoms with Gasteiger partial charge in [0.05, 0.1) is 11.6 Å². The molecule has 1 amide bonds. The third-order valence-corrected chi connectivity index (χ3v) is 3.58. The van der Waals surface area contributed by atoms with E-state index >= 15 is 0 Å². The van der Waals surface area contributed by atoms with Gasteiger partial charge in [-0.1, -0.05) is 0 Å². The molecule has 1 atom stereocenters. The number of nitrogens with zero attached hydrogens (tertiary/aromatic N) is 1. The Morgan fingerprint density at radius 1 is 1.07 bits per heavy atom. The number of amides is 1. The summed E-state index contributed by atoms with van der Waals surface area (Å²) in [7, 11) is 0. The van der Waals surface area contributed by atoms with Gasteiger partial charge in [0, 0.05) is 11.3 Å². The lowest BCUT2D eigenvalue weighted by atomic mass is 10.1. The third-order valence-electron chi connectivity index (χ3n) is 3.58. The number of esters is 1. The molecule has 7 nitrogen and oxygen atoms in total. The van der Waals surface area contributed by atoms with Crippen molar-refractivity contribution in [1.29, 1.82) is 5.26 Å². The lowest BCUT2D eigenvalue weighted by Crippen LogP contribution is -2.31. The summed E-state index contributed by atoms with van der Waals surface area (Å²) in [5.41, 5.74) is 1.50. The number of anilines is 1. The van der Waals surface area contributed by atoms with Crippen LogP contribution < -0.4 is 10.1 Å². The number of carbonyl (C=O) groups is 3. The van der Waals surface area contributed by atoms with Gasteiger partial charge >= 0.3 is 5.97 Å². The first-order valence-electron chi connectivity index (χ1n) is 8.13. The number of nitriles is 1. The Bertz CT molecular complexity index is 867. The normalized spacial score (nSPS) is 11.0. The van der Waals surface area contributed by atoms with Gasteiger partial charge < -0.3 is 14.8 Å². The molecule has 0 radical (unpaired) electrons. The number of hydrogen-bond acceptors (Lipinski definition) is 6. The Kier molecular flexibility index (Phi) is 6.67. The minimum atomic E-state index is -1.02. The highest BCUT2D eigenvalue weighted by Crippen LogP contribution is 2.13. The molecule has 0 aliphatic carbocycles. The number of hydrogen-bond donors (Lipinski definition) is 1. The predicted octanol–water partition coefficient (Wildman–Crippen LogP) is 2.71. The summed E-state index contributed by atoms with van der Waals surface area (Å²) in [6, 6.07) is 14.6. The van der Waals surface area contributed by atoms with E-state index in [0.29, 0.717) is 22.6 Å². The lowest BCUT2D eigenvalue weighted by molar-refractivity contribution is -0.155. The molecule has 0 aromatic heterocycles. The van der Waals surface area contributed by atoms with Crippen LogP contribution in [0.2, 0.25) is 0 Å². The molecule has 2 rings (SSSR count). The number of ether oxygens (including phenoxy) is 2. The van der Waals surface area contributed by atoms with E-state index in [9.17, 15) is 14.4 Å². The van der Waals surface area contributed by atoms with Crippen molar-refractivity contribution < 1.29 is 23.9 Å². The van der Waals surface area contributed by atoms with Crippen molar-refractivity contribution in [2.75, 3.05) is 11.9 Å². The maximum atomic E-state index is 12.1. The zero-order valence-corrected chi connectivity index (χ0v) is 14.9. The number of nitrogens with one attached hydrogen (secondary N) is 1. The van der Waals surface area contributed by atoms with Crippen molar-refractivity contribution in [2.45, 2.75) is 20.0 Å². The molecule has 2 aromatic rings. The summed E-state index contributed by atoms with van der Waals surface area (Å²) in [6.45, 7) is 2.53. The average Bonchev–Trinajstić information content (AvgIpc) is 2.67. The molecule has 0 bridgehead atoms. The first kappa shape index (κ1) is 19.7. The highest BCUT2D eigenvalue weighted by Gasteiger charge is 2.18. The van der Waals surface area contributed by atoms with Crippen molar-refractivity contribution in [3.05, 3.63) is 59.7 Å². The number of benzene rings is 2. The van der Waals surface area contributed by atoms with Gasteiger partial charge in [-0.2, -0.15) is 5.26 Å². The highest BCUT2D eigenvalue weighted by molar-refractivity contribution is 5.97. The fraction of sp³-hybridized carbons (Fsp3) is 0.200. The van der Waals surface area contributed by atoms with E-state index in [1.165, 1.54) is 13.8 Å². The summed E-state index contributed by atoms with van der Waals surface area (Å²) in [5.74, 6) is -0.864. The average molecular weight is 366 g/mol. The second-order valence-electron chi connectivity index (χ2n) is 5.68. The van der Waals surface area contributed by atoms with Gasteiger partial charge in [0.25, 0.3) is 5.91 Å². The van der Waals surface area contributed by atoms with Crippen LogP contribution in [0.25, 0.3) is 0 Å². The molecule has 0 fully saturated rings. The zero-order valence-electron chi connectivity index (χ0n) is 14.9. The topological polar surface area (TPSA) is 105 Å². The molecular weight excluding hydrogens is 348 g/mol. The molecule has 2 aromatic carbocycles. The molecular formula is C20H18N2O5. The Balaban J connectivity index is 1.81. The number of Topliss-reactive ketones (excluding diaryl/α,β-unsaturated/α-hetero) is 1. The minimum absolute atomic E-state index is 0.0718. The minimum Gasteiger partial charge on any atom is -0.482 e. The maximum Gasteiger partial charge on any atom is 0.344 e. The van der Waals surface area contributed by atoms with Crippen LogP contribution >= 0.6 is 0 Å². The van der Waals surface area contributed by atoms with Crippen molar-refractivity contribution in [3.63, 3.8) is 0 Å². The molecule has 0 heterocycles. The SMILES string of the molecule is CC(=O)c1ccc(NC(=O)[C@@H](C)OC(=O)COc2ccc(C#N)cc2)cc1. The smallest absolute Gasteiger partial charge is 0.344 e. The second-order valence-corrected chi connectivity index (χ2v) is 5.68. The number of rotatable bonds is 7. The van der Waals surface area contributed by atoms with Gasteiger partial charge in [-0.3, -0.25) is 9.59 Å². The van der Waals surface area contributed by atoms with E-state index in [1.807, 2.05) is 6.07 Å². The van der Waals surface area contributed by atoms with E-state index in [4.69, 9.17) is 14.7 Å². The van der Waals surface area contributed by atoms with Crippen LogP contribution in [0.4, 0.5) is 5.69 Å². The fourth-order valence-electron chi connectivity index (χ4n) is 2.08. The summed E-state index contributed by atoms with van der Waals surface area (Å²) in [6.07, 6.45) is -1.02. The molecule has 0 saturated carbocycles. The van der Waals surface area contributed by atoms with Gasteiger partial charge in [0.15, 0.2) is 18.5 Å². The van der Waals surface area contributed by atoms with E-state index in [0.717, 1.165) is 0 Å². The van der Waals surface area contributed by atoms with E-state index in [-0.39, 0.29) is 12.4 Å². The van der Waals surface area contributed by atoms with Crippen LogP contribution in [0.15, 0.2) is 48.5 Å². The molecule has 0 saturated heterocycles. The Labute approximate surface area is 156 Å². The van der Waals surface area contributed by atoms with Crippen molar-refractivity contribution in [2.24, 2.45) is 0 Å². The zero-order chi connectivity index (χ0) is 19.8. The molecule has 138 valence electrons. The number of carbonyl (C=O) groups excluding carboxylic acids is 3. The second kappa shape index (κ2) is 9.15. The molecule has 0 unspecified atom stereocenters. The summed E-state index contributed by atoms with van der Waals surface area (Å²) in [5, 5.41) is 11.3.